The highest BCUT2D eigenvalue weighted by molar-refractivity contribution is 5.81. The van der Waals surface area contributed by atoms with Gasteiger partial charge in [0.2, 0.25) is 0 Å². The van der Waals surface area contributed by atoms with Crippen LogP contribution in [0.2, 0.25) is 0 Å². The summed E-state index contributed by atoms with van der Waals surface area (Å²) in [5.74, 6) is 10.3. The van der Waals surface area contributed by atoms with Crippen molar-refractivity contribution in [1.82, 2.24) is 0 Å². The van der Waals surface area contributed by atoms with Gasteiger partial charge in [0.25, 0.3) is 0 Å². The van der Waals surface area contributed by atoms with Gasteiger partial charge in [0.05, 0.1) is 4.79 Å². The smallest absolute Gasteiger partial charge is 0.275 e. The maximum atomic E-state index is 11.4. The Kier molecular flexibility index (Phi) is 13.0. The zero-order valence-electron chi connectivity index (χ0n) is 17.1. The Hall–Kier alpha value is -3.84. The lowest BCUT2D eigenvalue weighted by Crippen LogP contribution is -2.83. The van der Waals surface area contributed by atoms with Crippen LogP contribution < -0.4 is 11.0 Å². The number of rotatable bonds is 9. The third-order valence-electron chi connectivity index (χ3n) is 3.29. The van der Waals surface area contributed by atoms with Crippen LogP contribution in [0.4, 0.5) is 0 Å². The SMILES string of the molecule is C/C=C/C=C/C(=O)O[NH2+]Cc1ccc(C#CC#CC[NH2+]OC(=[O+])/C=C/C=C/C)cc1. The van der Waals surface area contributed by atoms with E-state index in [1.54, 1.807) is 24.3 Å². The standard InChI is InChI=1S/C24H24N2O4/c1-3-5-8-13-23(27)29-25-19-11-7-10-12-21-15-17-22(18-16-21)20-26-30-24(28)14-9-6-4-2/h3-6,8-9,13-18,25-26H,19-20H2,1-2H3/q+1/p+2/b5-3+,6-4+,13-8+,14-9+. The van der Waals surface area contributed by atoms with E-state index in [0.717, 1.165) is 11.1 Å². The van der Waals surface area contributed by atoms with Crippen molar-refractivity contribution in [2.75, 3.05) is 6.54 Å². The molecule has 0 amide bonds. The van der Waals surface area contributed by atoms with E-state index in [4.69, 9.17) is 9.68 Å². The molecule has 0 saturated heterocycles. The van der Waals surface area contributed by atoms with Crippen molar-refractivity contribution in [3.05, 3.63) is 84.0 Å². The molecule has 0 aromatic heterocycles. The Morgan fingerprint density at radius 2 is 1.67 bits per heavy atom. The van der Waals surface area contributed by atoms with Gasteiger partial charge in [-0.1, -0.05) is 58.8 Å². The highest BCUT2D eigenvalue weighted by atomic mass is 16.7. The van der Waals surface area contributed by atoms with Gasteiger partial charge in [-0.05, 0) is 49.8 Å². The molecule has 0 fully saturated rings. The first-order chi connectivity index (χ1) is 14.7. The number of quaternary nitrogens is 2. The van der Waals surface area contributed by atoms with E-state index in [-0.39, 0.29) is 0 Å². The molecule has 1 rings (SSSR count). The normalized spacial score (nSPS) is 10.7. The molecule has 153 valence electrons. The van der Waals surface area contributed by atoms with E-state index in [1.165, 1.54) is 23.1 Å². The quantitative estimate of drug-likeness (QED) is 0.159. The summed E-state index contributed by atoms with van der Waals surface area (Å²) in [5, 5.41) is 0. The van der Waals surface area contributed by atoms with Crippen molar-refractivity contribution in [2.24, 2.45) is 0 Å². The van der Waals surface area contributed by atoms with Crippen molar-refractivity contribution in [3.8, 4) is 23.7 Å². The second-order valence-corrected chi connectivity index (χ2v) is 5.63. The van der Waals surface area contributed by atoms with Crippen molar-refractivity contribution >= 4 is 11.9 Å². The lowest BCUT2D eigenvalue weighted by atomic mass is 10.1. The zero-order chi connectivity index (χ0) is 21.9. The first-order valence-electron chi connectivity index (χ1n) is 9.36. The van der Waals surface area contributed by atoms with Gasteiger partial charge in [0.15, 0.2) is 6.54 Å². The molecule has 0 unspecified atom stereocenters. The molecule has 0 bridgehead atoms. The minimum atomic E-state index is -0.446. The van der Waals surface area contributed by atoms with Crippen LogP contribution in [0, 0.1) is 23.7 Å². The van der Waals surface area contributed by atoms with Crippen molar-refractivity contribution in [1.29, 1.82) is 0 Å². The van der Waals surface area contributed by atoms with E-state index in [9.17, 15) is 9.59 Å². The van der Waals surface area contributed by atoms with Crippen LogP contribution in [0.5, 0.6) is 0 Å². The fraction of sp³-hybridized carbons (Fsp3) is 0.167. The van der Waals surface area contributed by atoms with E-state index in [2.05, 4.69) is 23.7 Å². The van der Waals surface area contributed by atoms with E-state index in [0.29, 0.717) is 13.1 Å². The van der Waals surface area contributed by atoms with Crippen LogP contribution in [0.15, 0.2) is 72.9 Å². The lowest BCUT2D eigenvalue weighted by Gasteiger charge is -2.00. The summed E-state index contributed by atoms with van der Waals surface area (Å²) in [4.78, 5) is 32.6. The Labute approximate surface area is 177 Å². The first-order valence-corrected chi connectivity index (χ1v) is 9.36. The molecule has 1 aromatic carbocycles. The van der Waals surface area contributed by atoms with Gasteiger partial charge in [-0.3, -0.25) is 4.84 Å². The molecule has 0 heterocycles. The molecule has 0 aliphatic heterocycles. The van der Waals surface area contributed by atoms with Crippen molar-refractivity contribution < 1.29 is 30.2 Å². The summed E-state index contributed by atoms with van der Waals surface area (Å²) < 4.78 is 0. The molecule has 1 radical (unpaired) electrons. The Balaban J connectivity index is 2.32. The maximum Gasteiger partial charge on any atom is 0.662 e. The number of carbonyl (C=O) groups is 2. The number of carbonyl (C=O) groups excluding carboxylic acids is 2. The van der Waals surface area contributed by atoms with E-state index >= 15 is 0 Å². The van der Waals surface area contributed by atoms with Gasteiger partial charge in [-0.15, -0.1) is 0 Å². The van der Waals surface area contributed by atoms with Gasteiger partial charge >= 0.3 is 11.9 Å². The topological polar surface area (TPSA) is 88.7 Å². The third-order valence-corrected chi connectivity index (χ3v) is 3.29. The van der Waals surface area contributed by atoms with E-state index in [1.807, 2.05) is 50.3 Å². The highest BCUT2D eigenvalue weighted by Crippen LogP contribution is 2.01. The van der Waals surface area contributed by atoms with Gasteiger partial charge in [0.1, 0.15) is 12.6 Å². The molecule has 6 heteroatoms. The van der Waals surface area contributed by atoms with Gasteiger partial charge in [0, 0.05) is 17.2 Å². The summed E-state index contributed by atoms with van der Waals surface area (Å²) in [6.07, 6.45) is 13.0. The molecular weight excluding hydrogens is 380 g/mol. The van der Waals surface area contributed by atoms with Crippen LogP contribution in [-0.2, 0) is 25.8 Å². The minimum absolute atomic E-state index is 0.301. The maximum absolute atomic E-state index is 11.4. The average molecular weight is 406 g/mol. The molecule has 4 N–H and O–H groups in total. The summed E-state index contributed by atoms with van der Waals surface area (Å²) in [6, 6.07) is 7.56. The molecule has 30 heavy (non-hydrogen) atoms. The Bertz CT molecular complexity index is 918. The van der Waals surface area contributed by atoms with Crippen LogP contribution in [0.3, 0.4) is 0 Å². The second kappa shape index (κ2) is 16.1. The number of hydroxylamine groups is 2. The minimum Gasteiger partial charge on any atom is -0.275 e. The van der Waals surface area contributed by atoms with Gasteiger partial charge in [-0.2, -0.15) is 5.48 Å². The predicted octanol–water partition coefficient (Wildman–Crippen LogP) is 0.849. The number of nitrogens with two attached hydrogens (primary N) is 2. The summed E-state index contributed by atoms with van der Waals surface area (Å²) >= 11 is 0. The van der Waals surface area contributed by atoms with Crippen LogP contribution in [0.25, 0.3) is 0 Å². The average Bonchev–Trinajstić information content (AvgIpc) is 2.74. The summed E-state index contributed by atoms with van der Waals surface area (Å²) in [7, 11) is 0. The molecule has 0 saturated carbocycles. The first kappa shape index (κ1) is 24.2. The number of benzene rings is 1. The van der Waals surface area contributed by atoms with Gasteiger partial charge in [-0.25, -0.2) is 4.79 Å². The second-order valence-electron chi connectivity index (χ2n) is 5.63. The van der Waals surface area contributed by atoms with E-state index < -0.39 is 11.9 Å². The third kappa shape index (κ3) is 12.5. The van der Waals surface area contributed by atoms with Crippen molar-refractivity contribution in [3.63, 3.8) is 0 Å². The van der Waals surface area contributed by atoms with Crippen LogP contribution in [-0.4, -0.2) is 18.5 Å². The number of hydrogen-bond acceptors (Lipinski definition) is 4. The lowest BCUT2D eigenvalue weighted by molar-refractivity contribution is -0.884. The molecular formula is C24H26N2O4+3. The highest BCUT2D eigenvalue weighted by Gasteiger charge is 2.14. The van der Waals surface area contributed by atoms with Crippen molar-refractivity contribution in [2.45, 2.75) is 20.4 Å². The predicted molar refractivity (Wildman–Crippen MR) is 114 cm³/mol. The summed E-state index contributed by atoms with van der Waals surface area (Å²) in [5.41, 5.74) is 4.63. The van der Waals surface area contributed by atoms with Gasteiger partial charge < -0.3 is 0 Å². The monoisotopic (exact) mass is 406 g/mol. The number of allylic oxidation sites excluding steroid dienone is 6. The fourth-order valence-electron chi connectivity index (χ4n) is 1.88. The molecule has 0 aliphatic rings. The Morgan fingerprint density at radius 3 is 2.37 bits per heavy atom. The van der Waals surface area contributed by atoms with Crippen LogP contribution in [0.1, 0.15) is 25.0 Å². The number of hydrogen-bond donors (Lipinski definition) is 2. The summed E-state index contributed by atoms with van der Waals surface area (Å²) in [6.45, 7) is 4.54. The van der Waals surface area contributed by atoms with Crippen LogP contribution >= 0.6 is 0 Å². The Morgan fingerprint density at radius 1 is 0.967 bits per heavy atom. The molecule has 1 aromatic rings. The molecule has 0 atom stereocenters. The molecule has 0 aliphatic carbocycles. The fourth-order valence-corrected chi connectivity index (χ4v) is 1.88. The molecule has 6 nitrogen and oxygen atoms in total. The largest absolute Gasteiger partial charge is 0.662 e. The zero-order valence-corrected chi connectivity index (χ0v) is 17.1. The molecule has 0 spiro atoms.